The molecule has 0 bridgehead atoms. The number of likely N-dealkylation sites (tertiary alicyclic amines) is 1. The van der Waals surface area contributed by atoms with Crippen molar-refractivity contribution in [1.82, 2.24) is 20.0 Å². The summed E-state index contributed by atoms with van der Waals surface area (Å²) in [6.45, 7) is 14.1. The Morgan fingerprint density at radius 2 is 1.66 bits per heavy atom. The number of anilines is 1. The van der Waals surface area contributed by atoms with Crippen molar-refractivity contribution in [1.29, 1.82) is 0 Å². The molecule has 0 radical (unpaired) electrons. The highest BCUT2D eigenvalue weighted by molar-refractivity contribution is 5.95. The summed E-state index contributed by atoms with van der Waals surface area (Å²) in [6, 6.07) is 2.51. The number of piperidine rings is 1. The molecule has 1 aromatic heterocycles. The van der Waals surface area contributed by atoms with E-state index < -0.39 is 29.4 Å². The van der Waals surface area contributed by atoms with Crippen molar-refractivity contribution in [2.75, 3.05) is 25.0 Å². The predicted octanol–water partition coefficient (Wildman–Crippen LogP) is 4.47. The number of hydrogen-bond donors (Lipinski definition) is 1. The third-order valence-electron chi connectivity index (χ3n) is 5.41. The summed E-state index contributed by atoms with van der Waals surface area (Å²) in [7, 11) is 0. The van der Waals surface area contributed by atoms with E-state index in [1.807, 2.05) is 0 Å². The summed E-state index contributed by atoms with van der Waals surface area (Å²) in [4.78, 5) is 42.7. The van der Waals surface area contributed by atoms with Crippen molar-refractivity contribution in [3.8, 4) is 0 Å². The topological polar surface area (TPSA) is 114 Å². The molecule has 0 aliphatic carbocycles. The monoisotopic (exact) mass is 491 g/mol. The second-order valence-electron chi connectivity index (χ2n) is 11.0. The summed E-state index contributed by atoms with van der Waals surface area (Å²) < 4.78 is 11.1. The summed E-state index contributed by atoms with van der Waals surface area (Å²) in [5, 5.41) is 11.0. The van der Waals surface area contributed by atoms with Crippen LogP contribution in [0.15, 0.2) is 18.3 Å². The molecule has 0 saturated carbocycles. The van der Waals surface area contributed by atoms with Gasteiger partial charge in [-0.15, -0.1) is 5.10 Å². The fraction of sp³-hybridized carbons (Fsp3) is 0.720. The number of nitrogens with zero attached hydrogens (tertiary/aromatic N) is 4. The molecule has 0 spiro atoms. The van der Waals surface area contributed by atoms with Gasteiger partial charge in [-0.3, -0.25) is 4.79 Å². The number of hydrogen-bond acceptors (Lipinski definition) is 8. The Hall–Kier alpha value is -2.91. The van der Waals surface area contributed by atoms with Gasteiger partial charge in [0.25, 0.3) is 0 Å². The Bertz CT molecular complexity index is 814. The van der Waals surface area contributed by atoms with E-state index in [1.54, 1.807) is 64.8 Å². The summed E-state index contributed by atoms with van der Waals surface area (Å²) in [5.41, 5.74) is -1.70. The predicted molar refractivity (Wildman–Crippen MR) is 133 cm³/mol. The van der Waals surface area contributed by atoms with Gasteiger partial charge in [0, 0.05) is 25.8 Å². The van der Waals surface area contributed by atoms with Gasteiger partial charge in [-0.25, -0.2) is 9.59 Å². The van der Waals surface area contributed by atoms with Gasteiger partial charge >= 0.3 is 12.2 Å². The van der Waals surface area contributed by atoms with Crippen LogP contribution in [0.4, 0.5) is 15.4 Å². The minimum atomic E-state index is -1.04. The highest BCUT2D eigenvalue weighted by Crippen LogP contribution is 2.23. The maximum atomic E-state index is 13.7. The maximum absolute atomic E-state index is 13.7. The summed E-state index contributed by atoms with van der Waals surface area (Å²) in [5.74, 6) is 0.867. The fourth-order valence-electron chi connectivity index (χ4n) is 3.66. The van der Waals surface area contributed by atoms with Gasteiger partial charge in [-0.05, 0) is 85.3 Å². The molecule has 0 aromatic carbocycles. The third-order valence-corrected chi connectivity index (χ3v) is 5.41. The van der Waals surface area contributed by atoms with Crippen LogP contribution in [-0.2, 0) is 14.3 Å². The number of carbonyl (C=O) groups excluding carboxylic acids is 3. The summed E-state index contributed by atoms with van der Waals surface area (Å²) in [6.07, 6.45) is 2.31. The molecule has 1 atom stereocenters. The Morgan fingerprint density at radius 1 is 1.09 bits per heavy atom. The minimum Gasteiger partial charge on any atom is -0.443 e. The molecule has 1 aliphatic rings. The average molecular weight is 492 g/mol. The number of aromatic nitrogens is 2. The lowest BCUT2D eigenvalue weighted by Gasteiger charge is -2.37. The number of imide groups is 1. The van der Waals surface area contributed by atoms with Gasteiger partial charge in [0.15, 0.2) is 0 Å². The van der Waals surface area contributed by atoms with Crippen LogP contribution < -0.4 is 5.32 Å². The van der Waals surface area contributed by atoms with Crippen LogP contribution in [0.25, 0.3) is 0 Å². The molecular formula is C25H41N5O5. The van der Waals surface area contributed by atoms with Crippen LogP contribution in [0, 0.1) is 5.92 Å². The highest BCUT2D eigenvalue weighted by Gasteiger charge is 2.41. The lowest BCUT2D eigenvalue weighted by atomic mass is 9.98. The van der Waals surface area contributed by atoms with Crippen LogP contribution in [-0.4, -0.2) is 75.0 Å². The van der Waals surface area contributed by atoms with E-state index in [-0.39, 0.29) is 12.3 Å². The van der Waals surface area contributed by atoms with E-state index in [0.717, 1.165) is 17.7 Å². The molecule has 10 heteroatoms. The number of carbonyl (C=O) groups is 3. The van der Waals surface area contributed by atoms with Gasteiger partial charge in [0.05, 0.1) is 0 Å². The summed E-state index contributed by atoms with van der Waals surface area (Å²) >= 11 is 0. The van der Waals surface area contributed by atoms with E-state index in [1.165, 1.54) is 0 Å². The van der Waals surface area contributed by atoms with Gasteiger partial charge in [-0.1, -0.05) is 6.92 Å². The van der Waals surface area contributed by atoms with Gasteiger partial charge < -0.3 is 19.7 Å². The van der Waals surface area contributed by atoms with Gasteiger partial charge in [0.1, 0.15) is 23.1 Å². The average Bonchev–Trinajstić information content (AvgIpc) is 2.74. The normalized spacial score (nSPS) is 15.8. The van der Waals surface area contributed by atoms with E-state index >= 15 is 0 Å². The van der Waals surface area contributed by atoms with Crippen molar-refractivity contribution in [2.45, 2.75) is 91.4 Å². The molecule has 1 aliphatic heterocycles. The van der Waals surface area contributed by atoms with E-state index in [0.29, 0.717) is 37.8 Å². The zero-order chi connectivity index (χ0) is 26.2. The Labute approximate surface area is 208 Å². The van der Waals surface area contributed by atoms with Gasteiger partial charge in [-0.2, -0.15) is 10.00 Å². The number of amides is 3. The first-order valence-electron chi connectivity index (χ1n) is 12.3. The molecule has 10 nitrogen and oxygen atoms in total. The van der Waals surface area contributed by atoms with E-state index in [9.17, 15) is 14.4 Å². The Kier molecular flexibility index (Phi) is 9.85. The molecule has 196 valence electrons. The Morgan fingerprint density at radius 3 is 2.14 bits per heavy atom. The van der Waals surface area contributed by atoms with E-state index in [4.69, 9.17) is 9.47 Å². The molecule has 1 saturated heterocycles. The first-order valence-corrected chi connectivity index (χ1v) is 12.3. The van der Waals surface area contributed by atoms with E-state index in [2.05, 4.69) is 22.4 Å². The fourth-order valence-corrected chi connectivity index (χ4v) is 3.66. The maximum Gasteiger partial charge on any atom is 0.420 e. The number of ether oxygens (including phenoxy) is 2. The number of nitrogens with one attached hydrogen (secondary N) is 1. The quantitative estimate of drug-likeness (QED) is 0.556. The lowest BCUT2D eigenvalue weighted by Crippen LogP contribution is -2.56. The second-order valence-corrected chi connectivity index (χ2v) is 11.0. The number of rotatable bonds is 7. The second kappa shape index (κ2) is 12.2. The minimum absolute atomic E-state index is 0.247. The van der Waals surface area contributed by atoms with Crippen molar-refractivity contribution >= 4 is 23.9 Å². The van der Waals surface area contributed by atoms with Crippen molar-refractivity contribution in [3.63, 3.8) is 0 Å². The van der Waals surface area contributed by atoms with Crippen molar-refractivity contribution < 1.29 is 23.9 Å². The molecule has 35 heavy (non-hydrogen) atoms. The Balaban J connectivity index is 2.27. The van der Waals surface area contributed by atoms with Gasteiger partial charge in [0.2, 0.25) is 5.91 Å². The molecule has 1 unspecified atom stereocenters. The molecule has 2 rings (SSSR count). The molecule has 1 aromatic rings. The highest BCUT2D eigenvalue weighted by atomic mass is 16.6. The first kappa shape index (κ1) is 28.3. The third kappa shape index (κ3) is 9.70. The van der Waals surface area contributed by atoms with Crippen LogP contribution >= 0.6 is 0 Å². The molecule has 2 heterocycles. The van der Waals surface area contributed by atoms with Crippen molar-refractivity contribution in [2.24, 2.45) is 5.92 Å². The smallest absolute Gasteiger partial charge is 0.420 e. The van der Waals surface area contributed by atoms with Crippen molar-refractivity contribution in [3.05, 3.63) is 18.3 Å². The molecule has 1 N–H and O–H groups in total. The van der Waals surface area contributed by atoms with Crippen LogP contribution in [0.1, 0.15) is 74.1 Å². The lowest BCUT2D eigenvalue weighted by molar-refractivity contribution is -0.138. The molecule has 1 fully saturated rings. The van der Waals surface area contributed by atoms with Crippen LogP contribution in [0.3, 0.4) is 0 Å². The standard InChI is InChI=1S/C25H41N5O5/c1-18-12-16-29(17-13-18)21(31)19(10-8-14-26-20-11-9-15-27-28-20)30(22(32)34-24(2,3)4)23(33)35-25(5,6)7/h9,11,15,18-19H,8,10,12-14,16-17H2,1-7H3,(H,26,28). The zero-order valence-corrected chi connectivity index (χ0v) is 22.2. The SMILES string of the molecule is CC1CCN(C(=O)C(CCCNc2cccnn2)N(C(=O)OC(C)(C)C)C(=O)OC(C)(C)C)CC1. The molecular weight excluding hydrogens is 450 g/mol. The zero-order valence-electron chi connectivity index (χ0n) is 22.2. The molecule has 3 amide bonds. The largest absolute Gasteiger partial charge is 0.443 e. The van der Waals surface area contributed by atoms with Crippen LogP contribution in [0.2, 0.25) is 0 Å². The first-order chi connectivity index (χ1) is 16.3. The van der Waals surface area contributed by atoms with Crippen LogP contribution in [0.5, 0.6) is 0 Å².